The molecule has 0 bridgehead atoms. The molecule has 18 N–H and O–H groups in total. The normalized spacial score (nSPS) is 14.7. The van der Waals surface area contributed by atoms with Gasteiger partial charge in [0, 0.05) is 25.1 Å². The van der Waals surface area contributed by atoms with Crippen LogP contribution >= 0.6 is 12.6 Å². The number of carbonyl (C=O) groups is 11. The molecule has 0 aromatic carbocycles. The zero-order chi connectivity index (χ0) is 49.4. The molecule has 26 nitrogen and oxygen atoms in total. The number of nitrogens with zero attached hydrogens (tertiary/aromatic N) is 1. The Morgan fingerprint density at radius 1 is 0.562 bits per heavy atom. The first-order valence-electron chi connectivity index (χ1n) is 20.2. The van der Waals surface area contributed by atoms with Crippen molar-refractivity contribution in [2.75, 3.05) is 12.3 Å². The van der Waals surface area contributed by atoms with E-state index in [2.05, 4.69) is 54.8 Å². The number of aliphatic imine (C=N–C) groups is 1. The first-order chi connectivity index (χ1) is 29.7. The van der Waals surface area contributed by atoms with Crippen molar-refractivity contribution < 1.29 is 68.1 Å². The van der Waals surface area contributed by atoms with Gasteiger partial charge < -0.3 is 75.5 Å². The number of amides is 8. The lowest BCUT2D eigenvalue weighted by atomic mass is 10.0. The smallest absolute Gasteiger partial charge is 0.326 e. The molecule has 0 aliphatic carbocycles. The Morgan fingerprint density at radius 2 is 1.05 bits per heavy atom. The molecule has 64 heavy (non-hydrogen) atoms. The molecule has 27 heteroatoms. The minimum absolute atomic E-state index is 0.00859. The third-order valence-corrected chi connectivity index (χ3v) is 9.40. The van der Waals surface area contributed by atoms with Crippen molar-refractivity contribution in [2.45, 2.75) is 134 Å². The summed E-state index contributed by atoms with van der Waals surface area (Å²) in [6, 6.07) is -11.4. The molecule has 0 spiro atoms. The molecule has 0 rings (SSSR count). The van der Waals surface area contributed by atoms with Gasteiger partial charge in [-0.2, -0.15) is 12.6 Å². The van der Waals surface area contributed by atoms with Gasteiger partial charge in [0.2, 0.25) is 47.3 Å². The summed E-state index contributed by atoms with van der Waals surface area (Å²) in [5.41, 5.74) is 21.8. The average Bonchev–Trinajstić information content (AvgIpc) is 3.18. The zero-order valence-corrected chi connectivity index (χ0v) is 37.3. The number of hydrogen-bond acceptors (Lipinski definition) is 14. The first kappa shape index (κ1) is 57.8. The summed E-state index contributed by atoms with van der Waals surface area (Å²) < 4.78 is 0. The Kier molecular flexibility index (Phi) is 26.3. The molecule has 0 aliphatic rings. The van der Waals surface area contributed by atoms with Crippen LogP contribution in [0.3, 0.4) is 0 Å². The highest BCUT2D eigenvalue weighted by atomic mass is 32.1. The van der Waals surface area contributed by atoms with Gasteiger partial charge in [0.25, 0.3) is 0 Å². The van der Waals surface area contributed by atoms with E-state index in [-0.39, 0.29) is 49.9 Å². The van der Waals surface area contributed by atoms with E-state index in [9.17, 15) is 57.8 Å². The molecule has 0 unspecified atom stereocenters. The number of nitrogens with one attached hydrogen (secondary N) is 7. The Bertz CT molecular complexity index is 1710. The predicted molar refractivity (Wildman–Crippen MR) is 230 cm³/mol. The lowest BCUT2D eigenvalue weighted by Gasteiger charge is -2.28. The second-order valence-electron chi connectivity index (χ2n) is 15.5. The highest BCUT2D eigenvalue weighted by Crippen LogP contribution is 2.10. The summed E-state index contributed by atoms with van der Waals surface area (Å²) in [5.74, 6) is -13.0. The van der Waals surface area contributed by atoms with Crippen molar-refractivity contribution in [2.24, 2.45) is 39.8 Å². The van der Waals surface area contributed by atoms with Gasteiger partial charge in [0.1, 0.15) is 42.3 Å². The quantitative estimate of drug-likeness (QED) is 0.0134. The van der Waals surface area contributed by atoms with Crippen LogP contribution in [0.25, 0.3) is 0 Å². The predicted octanol–water partition coefficient (Wildman–Crippen LogP) is -4.90. The topological polar surface area (TPSA) is 449 Å². The number of carboxylic acid groups (broad SMARTS) is 3. The van der Waals surface area contributed by atoms with Crippen molar-refractivity contribution in [1.82, 2.24) is 37.2 Å². The molecular formula is C37H64N12O14S. The fraction of sp³-hybridized carbons (Fsp3) is 0.676. The van der Waals surface area contributed by atoms with E-state index in [4.69, 9.17) is 33.1 Å². The molecule has 0 radical (unpaired) electrons. The van der Waals surface area contributed by atoms with Crippen LogP contribution in [0.4, 0.5) is 0 Å². The van der Waals surface area contributed by atoms with Crippen molar-refractivity contribution in [3.05, 3.63) is 0 Å². The number of thiol groups is 1. The van der Waals surface area contributed by atoms with E-state index in [0.717, 1.165) is 0 Å². The maximum absolute atomic E-state index is 13.6. The molecule has 362 valence electrons. The number of carbonyl (C=O) groups excluding carboxylic acids is 8. The van der Waals surface area contributed by atoms with E-state index in [1.807, 2.05) is 0 Å². The minimum atomic E-state index is -1.66. The summed E-state index contributed by atoms with van der Waals surface area (Å²) >= 11 is 4.16. The summed E-state index contributed by atoms with van der Waals surface area (Å²) in [7, 11) is 0. The van der Waals surface area contributed by atoms with Gasteiger partial charge in [-0.05, 0) is 50.9 Å². The van der Waals surface area contributed by atoms with E-state index >= 15 is 0 Å². The number of guanidine groups is 1. The van der Waals surface area contributed by atoms with Crippen LogP contribution in [0.1, 0.15) is 86.0 Å². The van der Waals surface area contributed by atoms with Gasteiger partial charge in [-0.15, -0.1) is 0 Å². The maximum atomic E-state index is 13.6. The third kappa shape index (κ3) is 23.3. The van der Waals surface area contributed by atoms with Gasteiger partial charge in [-0.25, -0.2) is 4.79 Å². The van der Waals surface area contributed by atoms with Crippen molar-refractivity contribution >= 4 is 83.8 Å². The van der Waals surface area contributed by atoms with E-state index in [1.165, 1.54) is 6.92 Å². The van der Waals surface area contributed by atoms with E-state index < -0.39 is 145 Å². The lowest BCUT2D eigenvalue weighted by Crippen LogP contribution is -2.61. The second kappa shape index (κ2) is 29.2. The summed E-state index contributed by atoms with van der Waals surface area (Å²) in [6.45, 7) is 7.88. The Labute approximate surface area is 374 Å². The van der Waals surface area contributed by atoms with Crippen molar-refractivity contribution in [3.63, 3.8) is 0 Å². The van der Waals surface area contributed by atoms with Gasteiger partial charge in [0.05, 0.1) is 12.5 Å². The number of aliphatic carboxylic acids is 3. The third-order valence-electron chi connectivity index (χ3n) is 9.04. The van der Waals surface area contributed by atoms with Crippen LogP contribution in [0.5, 0.6) is 0 Å². The molecule has 0 aromatic heterocycles. The maximum Gasteiger partial charge on any atom is 0.326 e. The van der Waals surface area contributed by atoms with Gasteiger partial charge >= 0.3 is 17.9 Å². The minimum Gasteiger partial charge on any atom is -0.481 e. The van der Waals surface area contributed by atoms with Crippen LogP contribution in [-0.2, 0) is 52.7 Å². The number of nitrogens with two attached hydrogens (primary N) is 4. The van der Waals surface area contributed by atoms with Gasteiger partial charge in [0.15, 0.2) is 5.96 Å². The lowest BCUT2D eigenvalue weighted by molar-refractivity contribution is -0.143. The molecule has 0 fully saturated rings. The molecule has 0 aromatic rings. The monoisotopic (exact) mass is 932 g/mol. The summed E-state index contributed by atoms with van der Waals surface area (Å²) in [5, 5.41) is 44.0. The van der Waals surface area contributed by atoms with E-state index in [1.54, 1.807) is 27.7 Å². The summed E-state index contributed by atoms with van der Waals surface area (Å²) in [4.78, 5) is 142. The second-order valence-corrected chi connectivity index (χ2v) is 15.9. The number of rotatable bonds is 31. The molecular weight excluding hydrogens is 869 g/mol. The Balaban J connectivity index is 6.11. The zero-order valence-electron chi connectivity index (χ0n) is 36.4. The van der Waals surface area contributed by atoms with Crippen molar-refractivity contribution in [3.8, 4) is 0 Å². The van der Waals surface area contributed by atoms with E-state index in [0.29, 0.717) is 0 Å². The molecule has 8 atom stereocenters. The number of hydrogen-bond donors (Lipinski definition) is 15. The largest absolute Gasteiger partial charge is 0.481 e. The average molecular weight is 933 g/mol. The first-order valence-corrected chi connectivity index (χ1v) is 20.8. The molecule has 8 amide bonds. The van der Waals surface area contributed by atoms with Crippen molar-refractivity contribution in [1.29, 1.82) is 0 Å². The summed E-state index contributed by atoms with van der Waals surface area (Å²) in [6.07, 6.45) is -2.52. The fourth-order valence-corrected chi connectivity index (χ4v) is 5.82. The fourth-order valence-electron chi connectivity index (χ4n) is 5.57. The van der Waals surface area contributed by atoms with Crippen LogP contribution in [-0.4, -0.2) is 147 Å². The highest BCUT2D eigenvalue weighted by Gasteiger charge is 2.34. The van der Waals surface area contributed by atoms with Gasteiger partial charge in [-0.1, -0.05) is 27.7 Å². The number of primary amides is 1. The van der Waals surface area contributed by atoms with Gasteiger partial charge in [-0.3, -0.25) is 52.9 Å². The van der Waals surface area contributed by atoms with Crippen LogP contribution in [0, 0.1) is 11.8 Å². The Hall–Kier alpha value is -6.25. The molecule has 0 saturated heterocycles. The highest BCUT2D eigenvalue weighted by molar-refractivity contribution is 7.80. The molecule has 0 aliphatic heterocycles. The van der Waals surface area contributed by atoms with Crippen LogP contribution in [0.15, 0.2) is 4.99 Å². The Morgan fingerprint density at radius 3 is 1.55 bits per heavy atom. The van der Waals surface area contributed by atoms with Crippen LogP contribution < -0.4 is 60.2 Å². The van der Waals surface area contributed by atoms with Crippen LogP contribution in [0.2, 0.25) is 0 Å². The molecule has 0 saturated carbocycles. The molecule has 0 heterocycles. The standard InChI is InChI=1S/C37H64N12O14S/c1-16(2)13-22(32(58)45-21(36(62)63)9-11-27(53)54)46-29(55)18(5)43-35(61)28(17(3)4)49-34(60)24(15-64)48-31(57)20(7-6-12-42-37(40)41)44-33(59)23(14-25(39)50)47-30(56)19(38)8-10-26(51)52/h16-24,28,64H,6-15,38H2,1-5H3,(H2,39,50)(H,43,61)(H,44,59)(H,45,58)(H,46,55)(H,47,56)(H,48,57)(H,49,60)(H,51,52)(H,53,54)(H,62,63)(H4,40,41,42)/t18-,19-,20-,21-,22-,23-,24-,28-/m0/s1. The SMILES string of the molecule is CC(C)C[C@H](NC(=O)[C@H](C)NC(=O)[C@@H](NC(=O)[C@H](CS)NC(=O)[C@H](CCCN=C(N)N)NC(=O)[C@H](CC(N)=O)NC(=O)[C@@H](N)CCC(=O)O)C(C)C)C(=O)N[C@@H](CCC(=O)O)C(=O)O. The number of carboxylic acids is 3.